The zero-order valence-corrected chi connectivity index (χ0v) is 15.5. The van der Waals surface area contributed by atoms with Gasteiger partial charge in [-0.05, 0) is 55.1 Å². The smallest absolute Gasteiger partial charge is 0.376 e. The first kappa shape index (κ1) is 21.6. The van der Waals surface area contributed by atoms with E-state index in [4.69, 9.17) is 4.74 Å². The van der Waals surface area contributed by atoms with Crippen LogP contribution < -0.4 is 5.32 Å². The van der Waals surface area contributed by atoms with E-state index in [0.29, 0.717) is 0 Å². The molecule has 29 heavy (non-hydrogen) atoms. The molecule has 2 aromatic rings. The highest BCUT2D eigenvalue weighted by molar-refractivity contribution is 5.33. The third kappa shape index (κ3) is 5.73. The van der Waals surface area contributed by atoms with Crippen molar-refractivity contribution in [1.82, 2.24) is 5.32 Å². The highest BCUT2D eigenvalue weighted by Crippen LogP contribution is 2.36. The van der Waals surface area contributed by atoms with E-state index < -0.39 is 23.5 Å². The standard InChI is InChI=1S/C21H21F6NO/c22-20(23,24)16-11-14(12-17(13-16)21(25,26)27)8-10-29-18-7-4-9-28-19(18)15-5-2-1-3-6-15/h1-3,5-6,11-13,18-19,28H,4,7-10H2/t18-,19-/m0/s1. The van der Waals surface area contributed by atoms with E-state index in [2.05, 4.69) is 5.32 Å². The summed E-state index contributed by atoms with van der Waals surface area (Å²) < 4.78 is 83.8. The summed E-state index contributed by atoms with van der Waals surface area (Å²) in [6.45, 7) is 0.857. The molecule has 0 aliphatic carbocycles. The minimum absolute atomic E-state index is 0.0360. The highest BCUT2D eigenvalue weighted by atomic mass is 19.4. The Morgan fingerprint density at radius 3 is 2.10 bits per heavy atom. The minimum Gasteiger partial charge on any atom is -0.376 e. The van der Waals surface area contributed by atoms with Gasteiger partial charge in [-0.25, -0.2) is 0 Å². The molecule has 0 bridgehead atoms. The van der Waals surface area contributed by atoms with Crippen LogP contribution in [-0.2, 0) is 23.5 Å². The molecule has 158 valence electrons. The largest absolute Gasteiger partial charge is 0.416 e. The van der Waals surface area contributed by atoms with Crippen molar-refractivity contribution in [3.8, 4) is 0 Å². The van der Waals surface area contributed by atoms with Gasteiger partial charge in [-0.1, -0.05) is 30.3 Å². The Labute approximate surface area is 164 Å². The fourth-order valence-electron chi connectivity index (χ4n) is 3.52. The van der Waals surface area contributed by atoms with Gasteiger partial charge >= 0.3 is 12.4 Å². The van der Waals surface area contributed by atoms with Crippen LogP contribution >= 0.6 is 0 Å². The van der Waals surface area contributed by atoms with Gasteiger partial charge in [0.2, 0.25) is 0 Å². The van der Waals surface area contributed by atoms with Gasteiger partial charge in [-0.3, -0.25) is 0 Å². The van der Waals surface area contributed by atoms with Crippen molar-refractivity contribution in [1.29, 1.82) is 0 Å². The number of ether oxygens (including phenoxy) is 1. The minimum atomic E-state index is -4.84. The Balaban J connectivity index is 1.70. The molecule has 0 saturated carbocycles. The van der Waals surface area contributed by atoms with Gasteiger partial charge in [0, 0.05) is 0 Å². The summed E-state index contributed by atoms with van der Waals surface area (Å²) in [5.74, 6) is 0. The molecule has 2 atom stereocenters. The molecule has 1 aliphatic rings. The van der Waals surface area contributed by atoms with Gasteiger partial charge in [0.15, 0.2) is 0 Å². The van der Waals surface area contributed by atoms with E-state index in [1.165, 1.54) is 0 Å². The molecule has 8 heteroatoms. The van der Waals surface area contributed by atoms with Gasteiger partial charge < -0.3 is 10.1 Å². The topological polar surface area (TPSA) is 21.3 Å². The number of nitrogens with one attached hydrogen (secondary N) is 1. The fourth-order valence-corrected chi connectivity index (χ4v) is 3.52. The van der Waals surface area contributed by atoms with Crippen molar-refractivity contribution in [3.05, 3.63) is 70.8 Å². The maximum absolute atomic E-state index is 13.0. The molecule has 0 aromatic heterocycles. The Morgan fingerprint density at radius 1 is 0.897 bits per heavy atom. The molecule has 1 aliphatic heterocycles. The number of piperidine rings is 1. The number of hydrogen-bond donors (Lipinski definition) is 1. The van der Waals surface area contributed by atoms with Crippen molar-refractivity contribution in [2.45, 2.75) is 43.8 Å². The van der Waals surface area contributed by atoms with Crippen molar-refractivity contribution in [2.24, 2.45) is 0 Å². The van der Waals surface area contributed by atoms with E-state index in [9.17, 15) is 26.3 Å². The summed E-state index contributed by atoms with van der Waals surface area (Å²) >= 11 is 0. The van der Waals surface area contributed by atoms with Crippen LogP contribution in [0.25, 0.3) is 0 Å². The zero-order chi connectivity index (χ0) is 21.1. The molecule has 1 N–H and O–H groups in total. The van der Waals surface area contributed by atoms with Crippen molar-refractivity contribution >= 4 is 0 Å². The molecule has 3 rings (SSSR count). The van der Waals surface area contributed by atoms with Gasteiger partial charge in [-0.2, -0.15) is 26.3 Å². The molecular weight excluding hydrogens is 396 g/mol. The lowest BCUT2D eigenvalue weighted by Gasteiger charge is -2.33. The van der Waals surface area contributed by atoms with E-state index in [-0.39, 0.29) is 36.8 Å². The monoisotopic (exact) mass is 417 g/mol. The predicted octanol–water partition coefficient (Wildman–Crippen LogP) is 5.78. The second kappa shape index (κ2) is 8.75. The molecule has 2 aromatic carbocycles. The average molecular weight is 417 g/mol. The maximum Gasteiger partial charge on any atom is 0.416 e. The van der Waals surface area contributed by atoms with E-state index in [0.717, 1.165) is 37.1 Å². The maximum atomic E-state index is 13.0. The Bertz CT molecular complexity index is 771. The summed E-state index contributed by atoms with van der Waals surface area (Å²) in [5, 5.41) is 3.37. The van der Waals surface area contributed by atoms with Crippen molar-refractivity contribution in [2.75, 3.05) is 13.2 Å². The molecule has 1 fully saturated rings. The first-order valence-corrected chi connectivity index (χ1v) is 9.33. The second-order valence-corrected chi connectivity index (χ2v) is 7.06. The van der Waals surface area contributed by atoms with Crippen molar-refractivity contribution < 1.29 is 31.1 Å². The van der Waals surface area contributed by atoms with Gasteiger partial charge in [-0.15, -0.1) is 0 Å². The van der Waals surface area contributed by atoms with Crippen LogP contribution in [0.1, 0.15) is 41.1 Å². The molecule has 1 saturated heterocycles. The first-order valence-electron chi connectivity index (χ1n) is 9.33. The van der Waals surface area contributed by atoms with Crippen LogP contribution in [-0.4, -0.2) is 19.3 Å². The predicted molar refractivity (Wildman–Crippen MR) is 96.3 cm³/mol. The quantitative estimate of drug-likeness (QED) is 0.623. The number of hydrogen-bond acceptors (Lipinski definition) is 2. The van der Waals surface area contributed by atoms with Crippen LogP contribution in [0.5, 0.6) is 0 Å². The number of rotatable bonds is 5. The van der Waals surface area contributed by atoms with E-state index in [1.807, 2.05) is 30.3 Å². The van der Waals surface area contributed by atoms with Crippen LogP contribution in [0.15, 0.2) is 48.5 Å². The van der Waals surface area contributed by atoms with Crippen LogP contribution in [0.2, 0.25) is 0 Å². The molecule has 0 amide bonds. The number of benzene rings is 2. The fraction of sp³-hybridized carbons (Fsp3) is 0.429. The van der Waals surface area contributed by atoms with Gasteiger partial charge in [0.25, 0.3) is 0 Å². The Hall–Kier alpha value is -2.06. The van der Waals surface area contributed by atoms with Crippen LogP contribution in [0, 0.1) is 0 Å². The molecule has 0 unspecified atom stereocenters. The lowest BCUT2D eigenvalue weighted by atomic mass is 9.94. The zero-order valence-electron chi connectivity index (χ0n) is 15.5. The summed E-state index contributed by atoms with van der Waals surface area (Å²) in [4.78, 5) is 0. The number of alkyl halides is 6. The molecule has 2 nitrogen and oxygen atoms in total. The third-order valence-corrected chi connectivity index (χ3v) is 4.93. The third-order valence-electron chi connectivity index (χ3n) is 4.93. The van der Waals surface area contributed by atoms with Crippen LogP contribution in [0.4, 0.5) is 26.3 Å². The van der Waals surface area contributed by atoms with Crippen molar-refractivity contribution in [3.63, 3.8) is 0 Å². The van der Waals surface area contributed by atoms with E-state index in [1.54, 1.807) is 0 Å². The highest BCUT2D eigenvalue weighted by Gasteiger charge is 2.37. The summed E-state index contributed by atoms with van der Waals surface area (Å²) in [6, 6.07) is 11.2. The first-order chi connectivity index (χ1) is 13.6. The molecular formula is C21H21F6NO. The van der Waals surface area contributed by atoms with E-state index >= 15 is 0 Å². The Morgan fingerprint density at radius 2 is 1.52 bits per heavy atom. The lowest BCUT2D eigenvalue weighted by molar-refractivity contribution is -0.143. The molecule has 1 heterocycles. The average Bonchev–Trinajstić information content (AvgIpc) is 2.67. The van der Waals surface area contributed by atoms with Gasteiger partial charge in [0.05, 0.1) is 29.9 Å². The van der Waals surface area contributed by atoms with Gasteiger partial charge in [0.1, 0.15) is 0 Å². The summed E-state index contributed by atoms with van der Waals surface area (Å²) in [6.07, 6.45) is -8.27. The summed E-state index contributed by atoms with van der Waals surface area (Å²) in [7, 11) is 0. The normalized spacial score (nSPS) is 20.6. The lowest BCUT2D eigenvalue weighted by Crippen LogP contribution is -2.39. The second-order valence-electron chi connectivity index (χ2n) is 7.06. The molecule has 0 spiro atoms. The molecule has 0 radical (unpaired) electrons. The summed E-state index contributed by atoms with van der Waals surface area (Å²) in [5.41, 5.74) is -1.62. The Kier molecular flexibility index (Phi) is 6.53. The van der Waals surface area contributed by atoms with Crippen LogP contribution in [0.3, 0.4) is 0 Å². The number of halogens is 6. The SMILES string of the molecule is FC(F)(F)c1cc(CCO[C@H]2CCCN[C@H]2c2ccccc2)cc(C(F)(F)F)c1.